The molecule has 2 aromatic carbocycles. The number of fused-ring (bicyclic) bond motifs is 1. The summed E-state index contributed by atoms with van der Waals surface area (Å²) < 4.78 is 24.7. The third kappa shape index (κ3) is 4.70. The number of sulfonamides is 1. The van der Waals surface area contributed by atoms with E-state index in [2.05, 4.69) is 22.2 Å². The molecule has 6 heteroatoms. The molecule has 0 heterocycles. The Bertz CT molecular complexity index is 903. The number of rotatable bonds is 5. The van der Waals surface area contributed by atoms with Gasteiger partial charge in [-0.05, 0) is 47.7 Å². The molecule has 0 aliphatic heterocycles. The molecular weight excluding hydrogens is 336 g/mol. The topological polar surface area (TPSA) is 75.3 Å². The van der Waals surface area contributed by atoms with Gasteiger partial charge >= 0.3 is 0 Å². The smallest absolute Gasteiger partial charge is 0.244 e. The Kier molecular flexibility index (Phi) is 4.90. The Labute approximate surface area is 147 Å². The number of nitrogens with one attached hydrogen (secondary N) is 2. The van der Waals surface area contributed by atoms with Crippen molar-refractivity contribution in [2.24, 2.45) is 0 Å². The van der Waals surface area contributed by atoms with Crippen LogP contribution in [0.3, 0.4) is 0 Å². The van der Waals surface area contributed by atoms with E-state index in [-0.39, 0.29) is 11.9 Å². The van der Waals surface area contributed by atoms with Gasteiger partial charge in [-0.2, -0.15) is 0 Å². The number of amides is 1. The van der Waals surface area contributed by atoms with E-state index in [1.807, 2.05) is 12.1 Å². The van der Waals surface area contributed by atoms with Crippen LogP contribution in [-0.4, -0.2) is 20.6 Å². The van der Waals surface area contributed by atoms with Gasteiger partial charge in [0.2, 0.25) is 15.9 Å². The molecule has 1 aliphatic rings. The fourth-order valence-electron chi connectivity index (χ4n) is 2.98. The molecule has 0 spiro atoms. The second kappa shape index (κ2) is 7.11. The summed E-state index contributed by atoms with van der Waals surface area (Å²) in [5.74, 6) is -0.139. The average molecular weight is 356 g/mol. The van der Waals surface area contributed by atoms with Crippen LogP contribution in [0.1, 0.15) is 29.2 Å². The molecule has 25 heavy (non-hydrogen) atoms. The third-order valence-corrected chi connectivity index (χ3v) is 4.70. The highest BCUT2D eigenvalue weighted by atomic mass is 32.2. The number of benzene rings is 2. The summed E-state index contributed by atoms with van der Waals surface area (Å²) in [6.07, 6.45) is 6.22. The Hall–Kier alpha value is -2.60. The lowest BCUT2D eigenvalue weighted by Gasteiger charge is -2.12. The first-order valence-electron chi connectivity index (χ1n) is 8.05. The van der Waals surface area contributed by atoms with Crippen molar-refractivity contribution in [1.82, 2.24) is 5.32 Å². The maximum atomic E-state index is 12.1. The highest BCUT2D eigenvalue weighted by Crippen LogP contribution is 2.30. The summed E-state index contributed by atoms with van der Waals surface area (Å²) >= 11 is 0. The minimum absolute atomic E-state index is 0.0645. The second-order valence-electron chi connectivity index (χ2n) is 6.13. The normalized spacial score (nSPS) is 16.6. The van der Waals surface area contributed by atoms with Crippen molar-refractivity contribution in [1.29, 1.82) is 0 Å². The summed E-state index contributed by atoms with van der Waals surface area (Å²) in [5, 5.41) is 3.03. The maximum absolute atomic E-state index is 12.1. The zero-order valence-corrected chi connectivity index (χ0v) is 14.7. The molecule has 0 fully saturated rings. The summed E-state index contributed by atoms with van der Waals surface area (Å²) in [5.41, 5.74) is 3.80. The molecule has 2 aromatic rings. The van der Waals surface area contributed by atoms with Gasteiger partial charge in [0, 0.05) is 11.8 Å². The molecular formula is C19H20N2O3S. The average Bonchev–Trinajstić information content (AvgIpc) is 2.96. The summed E-state index contributed by atoms with van der Waals surface area (Å²) in [6, 6.07) is 15.1. The largest absolute Gasteiger partial charge is 0.346 e. The van der Waals surface area contributed by atoms with E-state index in [4.69, 9.17) is 0 Å². The summed E-state index contributed by atoms with van der Waals surface area (Å²) in [4.78, 5) is 12.1. The standard InChI is InChI=1S/C19H20N2O3S/c1-25(23,24)21-16-10-6-14(7-11-16)8-13-19(22)20-18-12-9-15-4-2-3-5-17(15)18/h2-8,10-11,13,18,21H,9,12H2,1H3,(H,20,22)/b13-8+. The molecule has 0 saturated heterocycles. The number of carbonyl (C=O) groups excluding carboxylic acids is 1. The van der Waals surface area contributed by atoms with Crippen molar-refractivity contribution in [2.75, 3.05) is 11.0 Å². The minimum Gasteiger partial charge on any atom is -0.346 e. The Balaban J connectivity index is 1.60. The van der Waals surface area contributed by atoms with E-state index in [0.717, 1.165) is 24.7 Å². The van der Waals surface area contributed by atoms with Gasteiger partial charge in [0.05, 0.1) is 12.3 Å². The number of hydrogen-bond acceptors (Lipinski definition) is 3. The van der Waals surface area contributed by atoms with Crippen LogP contribution < -0.4 is 10.0 Å². The van der Waals surface area contributed by atoms with Crippen molar-refractivity contribution in [3.63, 3.8) is 0 Å². The second-order valence-corrected chi connectivity index (χ2v) is 7.88. The molecule has 2 N–H and O–H groups in total. The molecule has 130 valence electrons. The van der Waals surface area contributed by atoms with Crippen LogP contribution in [0.2, 0.25) is 0 Å². The molecule has 1 amide bonds. The molecule has 0 bridgehead atoms. The first kappa shape index (κ1) is 17.2. The van der Waals surface area contributed by atoms with Gasteiger partial charge in [-0.15, -0.1) is 0 Å². The van der Waals surface area contributed by atoms with Crippen LogP contribution in [0, 0.1) is 0 Å². The van der Waals surface area contributed by atoms with E-state index in [0.29, 0.717) is 5.69 Å². The lowest BCUT2D eigenvalue weighted by Crippen LogP contribution is -2.25. The molecule has 1 aliphatic carbocycles. The van der Waals surface area contributed by atoms with E-state index < -0.39 is 10.0 Å². The fraction of sp³-hybridized carbons (Fsp3) is 0.211. The predicted octanol–water partition coefficient (Wildman–Crippen LogP) is 2.88. The van der Waals surface area contributed by atoms with Crippen molar-refractivity contribution in [3.05, 3.63) is 71.3 Å². The van der Waals surface area contributed by atoms with Crippen LogP contribution in [0.15, 0.2) is 54.6 Å². The number of anilines is 1. The van der Waals surface area contributed by atoms with Crippen LogP contribution >= 0.6 is 0 Å². The van der Waals surface area contributed by atoms with Crippen molar-refractivity contribution in [2.45, 2.75) is 18.9 Å². The lowest BCUT2D eigenvalue weighted by atomic mass is 10.1. The molecule has 3 rings (SSSR count). The van der Waals surface area contributed by atoms with Gasteiger partial charge in [-0.3, -0.25) is 9.52 Å². The van der Waals surface area contributed by atoms with E-state index >= 15 is 0 Å². The first-order chi connectivity index (χ1) is 11.9. The molecule has 0 saturated carbocycles. The van der Waals surface area contributed by atoms with Gasteiger partial charge in [0.25, 0.3) is 0 Å². The van der Waals surface area contributed by atoms with Crippen molar-refractivity contribution < 1.29 is 13.2 Å². The van der Waals surface area contributed by atoms with Gasteiger partial charge < -0.3 is 5.32 Å². The van der Waals surface area contributed by atoms with Gasteiger partial charge in [0.1, 0.15) is 0 Å². The zero-order chi connectivity index (χ0) is 17.9. The minimum atomic E-state index is -3.29. The van der Waals surface area contributed by atoms with Crippen LogP contribution in [0.4, 0.5) is 5.69 Å². The van der Waals surface area contributed by atoms with E-state index in [1.165, 1.54) is 17.2 Å². The number of carbonyl (C=O) groups is 1. The first-order valence-corrected chi connectivity index (χ1v) is 9.94. The van der Waals surface area contributed by atoms with Crippen molar-refractivity contribution >= 4 is 27.7 Å². The van der Waals surface area contributed by atoms with Crippen molar-refractivity contribution in [3.8, 4) is 0 Å². The summed E-state index contributed by atoms with van der Waals surface area (Å²) in [7, 11) is -3.29. The fourth-order valence-corrected chi connectivity index (χ4v) is 3.54. The molecule has 0 aromatic heterocycles. The molecule has 5 nitrogen and oxygen atoms in total. The lowest BCUT2D eigenvalue weighted by molar-refractivity contribution is -0.117. The van der Waals surface area contributed by atoms with Gasteiger partial charge in [-0.1, -0.05) is 36.4 Å². The molecule has 0 radical (unpaired) electrons. The van der Waals surface area contributed by atoms with Crippen LogP contribution in [0.5, 0.6) is 0 Å². The molecule has 1 unspecified atom stereocenters. The highest BCUT2D eigenvalue weighted by Gasteiger charge is 2.22. The monoisotopic (exact) mass is 356 g/mol. The highest BCUT2D eigenvalue weighted by molar-refractivity contribution is 7.92. The van der Waals surface area contributed by atoms with E-state index in [1.54, 1.807) is 30.3 Å². The zero-order valence-electron chi connectivity index (χ0n) is 13.9. The quantitative estimate of drug-likeness (QED) is 0.809. The number of aryl methyl sites for hydroxylation is 1. The Morgan fingerprint density at radius 3 is 2.56 bits per heavy atom. The third-order valence-electron chi connectivity index (χ3n) is 4.09. The van der Waals surface area contributed by atoms with Gasteiger partial charge in [-0.25, -0.2) is 8.42 Å². The Morgan fingerprint density at radius 1 is 1.12 bits per heavy atom. The maximum Gasteiger partial charge on any atom is 0.244 e. The Morgan fingerprint density at radius 2 is 1.84 bits per heavy atom. The number of hydrogen-bond donors (Lipinski definition) is 2. The van der Waals surface area contributed by atoms with Gasteiger partial charge in [0.15, 0.2) is 0 Å². The van der Waals surface area contributed by atoms with E-state index in [9.17, 15) is 13.2 Å². The predicted molar refractivity (Wildman–Crippen MR) is 99.6 cm³/mol. The van der Waals surface area contributed by atoms with Crippen LogP contribution in [-0.2, 0) is 21.2 Å². The molecule has 1 atom stereocenters. The SMILES string of the molecule is CS(=O)(=O)Nc1ccc(/C=C/C(=O)NC2CCc3ccccc32)cc1. The summed E-state index contributed by atoms with van der Waals surface area (Å²) in [6.45, 7) is 0. The van der Waals surface area contributed by atoms with Crippen LogP contribution in [0.25, 0.3) is 6.08 Å².